The maximum absolute atomic E-state index is 15.0. The van der Waals surface area contributed by atoms with E-state index in [-0.39, 0.29) is 31.2 Å². The van der Waals surface area contributed by atoms with Crippen molar-refractivity contribution in [3.05, 3.63) is 28.5 Å². The molecule has 0 bridgehead atoms. The first-order chi connectivity index (χ1) is 14.2. The molecule has 0 unspecified atom stereocenters. The Balaban J connectivity index is 1.68. The number of imidazole rings is 1. The molecule has 156 valence electrons. The van der Waals surface area contributed by atoms with Crippen LogP contribution in [-0.4, -0.2) is 48.0 Å². The van der Waals surface area contributed by atoms with Crippen LogP contribution in [0.5, 0.6) is 0 Å². The Morgan fingerprint density at radius 1 is 1.30 bits per heavy atom. The van der Waals surface area contributed by atoms with Crippen LogP contribution in [0.25, 0.3) is 15.8 Å². The van der Waals surface area contributed by atoms with Crippen LogP contribution in [0.2, 0.25) is 0 Å². The molecular formula is C17H13F3N6O2SSe. The van der Waals surface area contributed by atoms with Gasteiger partial charge < -0.3 is 0 Å². The first kappa shape index (κ1) is 19.7. The topological polar surface area (TPSA) is 113 Å². The van der Waals surface area contributed by atoms with Crippen molar-refractivity contribution in [2.75, 3.05) is 0 Å². The van der Waals surface area contributed by atoms with Gasteiger partial charge in [-0.05, 0) is 0 Å². The first-order valence-corrected chi connectivity index (χ1v) is 12.2. The third-order valence-electron chi connectivity index (χ3n) is 5.07. The summed E-state index contributed by atoms with van der Waals surface area (Å²) in [7, 11) is -4.18. The molecule has 0 radical (unpaired) electrons. The molecule has 2 aliphatic rings. The Morgan fingerprint density at radius 2 is 2.03 bits per heavy atom. The molecule has 0 aliphatic heterocycles. The van der Waals surface area contributed by atoms with Crippen molar-refractivity contribution in [3.8, 4) is 16.3 Å². The van der Waals surface area contributed by atoms with Crippen molar-refractivity contribution in [2.45, 2.75) is 48.5 Å². The summed E-state index contributed by atoms with van der Waals surface area (Å²) in [5, 5.41) is 16.5. The number of nitriles is 1. The van der Waals surface area contributed by atoms with Crippen molar-refractivity contribution in [2.24, 2.45) is 0 Å². The number of sulfonamides is 1. The molecule has 8 nitrogen and oxygen atoms in total. The van der Waals surface area contributed by atoms with Gasteiger partial charge in [-0.2, -0.15) is 0 Å². The van der Waals surface area contributed by atoms with E-state index >= 15 is 4.39 Å². The molecule has 0 spiro atoms. The summed E-state index contributed by atoms with van der Waals surface area (Å²) in [5.41, 5.74) is -0.874. The van der Waals surface area contributed by atoms with Crippen LogP contribution in [0.3, 0.4) is 0 Å². The number of pyridine rings is 1. The molecule has 0 saturated heterocycles. The van der Waals surface area contributed by atoms with Gasteiger partial charge in [0.05, 0.1) is 0 Å². The monoisotopic (exact) mass is 502 g/mol. The standard InChI is InChI=1S/C17H13F3N6O2SSe/c18-11-6-9(29(27,28)25-17(7-21)3-4-17)5-10-12(15-23-24-16(30-15)13(19)20)22-14(26(10)11)8-1-2-8/h5-6,8,13,25H,1-4H2. The van der Waals surface area contributed by atoms with Gasteiger partial charge in [0.2, 0.25) is 0 Å². The molecule has 1 N–H and O–H groups in total. The quantitative estimate of drug-likeness (QED) is 0.409. The third kappa shape index (κ3) is 3.24. The Kier molecular flexibility index (Phi) is 4.34. The maximum atomic E-state index is 15.0. The Morgan fingerprint density at radius 3 is 2.60 bits per heavy atom. The second-order valence-corrected chi connectivity index (χ2v) is 11.2. The summed E-state index contributed by atoms with van der Waals surface area (Å²) in [5.74, 6) is -0.412. The Hall–Kier alpha value is -2.26. The van der Waals surface area contributed by atoms with Gasteiger partial charge in [-0.15, -0.1) is 0 Å². The van der Waals surface area contributed by atoms with Crippen molar-refractivity contribution in [3.63, 3.8) is 0 Å². The summed E-state index contributed by atoms with van der Waals surface area (Å²) in [4.78, 5) is 4.07. The van der Waals surface area contributed by atoms with Gasteiger partial charge in [-0.25, -0.2) is 0 Å². The fraction of sp³-hybridized carbons (Fsp3) is 0.412. The van der Waals surface area contributed by atoms with Crippen LogP contribution in [-0.2, 0) is 10.0 Å². The predicted octanol–water partition coefficient (Wildman–Crippen LogP) is 2.14. The van der Waals surface area contributed by atoms with Gasteiger partial charge >= 0.3 is 174 Å². The second-order valence-electron chi connectivity index (χ2n) is 7.37. The molecule has 2 saturated carbocycles. The average Bonchev–Trinajstić information content (AvgIpc) is 3.59. The number of nitrogens with zero attached hydrogens (tertiary/aromatic N) is 5. The molecule has 3 heterocycles. The van der Waals surface area contributed by atoms with Crippen LogP contribution < -0.4 is 4.72 Å². The van der Waals surface area contributed by atoms with E-state index in [9.17, 15) is 17.2 Å². The molecule has 5 rings (SSSR count). The molecule has 2 aliphatic carbocycles. The van der Waals surface area contributed by atoms with Crippen molar-refractivity contribution >= 4 is 30.0 Å². The molecule has 30 heavy (non-hydrogen) atoms. The molecule has 3 aromatic rings. The van der Waals surface area contributed by atoms with E-state index in [2.05, 4.69) is 19.9 Å². The summed E-state index contributed by atoms with van der Waals surface area (Å²) < 4.78 is 69.9. The van der Waals surface area contributed by atoms with Crippen LogP contribution >= 0.6 is 0 Å². The van der Waals surface area contributed by atoms with Gasteiger partial charge in [0.1, 0.15) is 0 Å². The SMILES string of the molecule is N#CC1(NS(=O)(=O)c2cc(F)n3c(C4CC4)nc(-c4nnc(C(F)F)[se]4)c3c2)CC1. The van der Waals surface area contributed by atoms with E-state index in [1.165, 1.54) is 10.5 Å². The zero-order chi connectivity index (χ0) is 21.3. The fourth-order valence-electron chi connectivity index (χ4n) is 3.19. The van der Waals surface area contributed by atoms with Crippen molar-refractivity contribution < 1.29 is 21.6 Å². The van der Waals surface area contributed by atoms with Crippen LogP contribution in [0.4, 0.5) is 13.2 Å². The van der Waals surface area contributed by atoms with E-state index in [0.29, 0.717) is 18.7 Å². The van der Waals surface area contributed by atoms with E-state index in [1.807, 2.05) is 6.07 Å². The normalized spacial score (nSPS) is 18.1. The number of fused-ring (bicyclic) bond motifs is 1. The van der Waals surface area contributed by atoms with Crippen LogP contribution in [0.15, 0.2) is 17.0 Å². The first-order valence-electron chi connectivity index (χ1n) is 9.02. The molecular weight excluding hydrogens is 488 g/mol. The Labute approximate surface area is 174 Å². The van der Waals surface area contributed by atoms with Gasteiger partial charge in [-0.1, -0.05) is 0 Å². The zero-order valence-electron chi connectivity index (χ0n) is 15.1. The summed E-state index contributed by atoms with van der Waals surface area (Å²) in [6.45, 7) is 0. The van der Waals surface area contributed by atoms with Gasteiger partial charge in [-0.3, -0.25) is 0 Å². The Bertz CT molecular complexity index is 1320. The number of alkyl halides is 2. The van der Waals surface area contributed by atoms with Crippen LogP contribution in [0.1, 0.15) is 48.4 Å². The zero-order valence-corrected chi connectivity index (χ0v) is 17.7. The second kappa shape index (κ2) is 6.62. The minimum atomic E-state index is -4.18. The molecule has 0 atom stereocenters. The van der Waals surface area contributed by atoms with Gasteiger partial charge in [0, 0.05) is 0 Å². The number of aromatic nitrogens is 4. The van der Waals surface area contributed by atoms with Crippen molar-refractivity contribution in [1.29, 1.82) is 5.26 Å². The summed E-state index contributed by atoms with van der Waals surface area (Å²) >= 11 is -0.897. The summed E-state index contributed by atoms with van der Waals surface area (Å²) in [6.07, 6.45) is -0.378. The number of hydrogen-bond donors (Lipinski definition) is 1. The number of rotatable bonds is 6. The third-order valence-corrected chi connectivity index (χ3v) is 8.55. The summed E-state index contributed by atoms with van der Waals surface area (Å²) in [6, 6.07) is 4.04. The molecule has 13 heteroatoms. The number of halogens is 3. The average molecular weight is 501 g/mol. The van der Waals surface area contributed by atoms with E-state index in [0.717, 1.165) is 18.9 Å². The van der Waals surface area contributed by atoms with Crippen molar-refractivity contribution in [1.82, 2.24) is 24.3 Å². The molecule has 3 aromatic heterocycles. The minimum absolute atomic E-state index is 0.0136. The molecule has 0 amide bonds. The number of nitrogens with one attached hydrogen (secondary N) is 1. The van der Waals surface area contributed by atoms with Gasteiger partial charge in [0.25, 0.3) is 0 Å². The van der Waals surface area contributed by atoms with Crippen LogP contribution in [0, 0.1) is 17.3 Å². The van der Waals surface area contributed by atoms with E-state index in [1.54, 1.807) is 0 Å². The molecule has 2 fully saturated rings. The predicted molar refractivity (Wildman–Crippen MR) is 97.9 cm³/mol. The molecule has 0 aromatic carbocycles. The fourth-order valence-corrected chi connectivity index (χ4v) is 6.06. The van der Waals surface area contributed by atoms with E-state index < -0.39 is 42.4 Å². The van der Waals surface area contributed by atoms with Gasteiger partial charge in [0.15, 0.2) is 0 Å². The number of hydrogen-bond acceptors (Lipinski definition) is 6. The van der Waals surface area contributed by atoms with E-state index in [4.69, 9.17) is 5.26 Å².